The van der Waals surface area contributed by atoms with Crippen LogP contribution < -0.4 is 10.5 Å². The molecule has 16 heavy (non-hydrogen) atoms. The van der Waals surface area contributed by atoms with Crippen molar-refractivity contribution in [1.82, 2.24) is 4.98 Å². The van der Waals surface area contributed by atoms with E-state index in [9.17, 15) is 0 Å². The molecule has 5 nitrogen and oxygen atoms in total. The predicted molar refractivity (Wildman–Crippen MR) is 61.7 cm³/mol. The van der Waals surface area contributed by atoms with Gasteiger partial charge < -0.3 is 15.7 Å². The minimum atomic E-state index is -0.0192. The summed E-state index contributed by atoms with van der Waals surface area (Å²) >= 11 is 0. The maximum Gasteiger partial charge on any atom is 0.188 e. The molecule has 0 bridgehead atoms. The monoisotopic (exact) mass is 223 g/mol. The second-order valence-electron chi connectivity index (χ2n) is 3.89. The van der Waals surface area contributed by atoms with Gasteiger partial charge in [-0.05, 0) is 18.4 Å². The van der Waals surface area contributed by atoms with Crippen LogP contribution in [0.2, 0.25) is 0 Å². The molecular formula is C11H17N3O2. The Balaban J connectivity index is 2.61. The molecule has 0 aliphatic rings. The number of nitrogens with zero attached hydrogens (tertiary/aromatic N) is 2. The smallest absolute Gasteiger partial charge is 0.188 e. The maximum atomic E-state index is 8.51. The fourth-order valence-electron chi connectivity index (χ4n) is 1.10. The molecule has 0 aromatic carbocycles. The van der Waals surface area contributed by atoms with Crippen LogP contribution in [-0.2, 0) is 0 Å². The molecule has 1 aromatic heterocycles. The first-order chi connectivity index (χ1) is 7.63. The first-order valence-corrected chi connectivity index (χ1v) is 5.20. The summed E-state index contributed by atoms with van der Waals surface area (Å²) in [5.41, 5.74) is 5.83. The number of nitrogens with two attached hydrogens (primary N) is 1. The number of aromatic nitrogens is 1. The zero-order valence-electron chi connectivity index (χ0n) is 9.55. The maximum absolute atomic E-state index is 8.51. The average Bonchev–Trinajstić information content (AvgIpc) is 2.28. The molecule has 3 N–H and O–H groups in total. The van der Waals surface area contributed by atoms with Crippen LogP contribution in [0.1, 0.15) is 26.0 Å². The van der Waals surface area contributed by atoms with Crippen molar-refractivity contribution in [3.05, 3.63) is 24.0 Å². The number of amidine groups is 1. The molecule has 0 aliphatic carbocycles. The first-order valence-electron chi connectivity index (χ1n) is 5.20. The molecule has 1 heterocycles. The van der Waals surface area contributed by atoms with Crippen LogP contribution in [0.4, 0.5) is 0 Å². The minimum Gasteiger partial charge on any atom is -0.493 e. The quantitative estimate of drug-likeness (QED) is 0.344. The lowest BCUT2D eigenvalue weighted by molar-refractivity contribution is 0.289. The highest BCUT2D eigenvalue weighted by Crippen LogP contribution is 2.12. The van der Waals surface area contributed by atoms with Crippen molar-refractivity contribution in [3.8, 4) is 5.75 Å². The van der Waals surface area contributed by atoms with E-state index in [1.165, 1.54) is 0 Å². The van der Waals surface area contributed by atoms with Gasteiger partial charge in [0, 0.05) is 12.3 Å². The van der Waals surface area contributed by atoms with Gasteiger partial charge in [-0.15, -0.1) is 0 Å². The Labute approximate surface area is 94.9 Å². The molecule has 0 aliphatic heterocycles. The second kappa shape index (κ2) is 5.95. The van der Waals surface area contributed by atoms with E-state index in [2.05, 4.69) is 24.0 Å². The van der Waals surface area contributed by atoms with Crippen LogP contribution in [-0.4, -0.2) is 22.6 Å². The second-order valence-corrected chi connectivity index (χ2v) is 3.89. The van der Waals surface area contributed by atoms with Crippen LogP contribution >= 0.6 is 0 Å². The molecular weight excluding hydrogens is 206 g/mol. The largest absolute Gasteiger partial charge is 0.493 e. The Morgan fingerprint density at radius 2 is 2.38 bits per heavy atom. The molecule has 0 unspecified atom stereocenters. The van der Waals surface area contributed by atoms with Crippen molar-refractivity contribution in [2.45, 2.75) is 20.3 Å². The van der Waals surface area contributed by atoms with E-state index < -0.39 is 0 Å². The van der Waals surface area contributed by atoms with Gasteiger partial charge in [0.05, 0.1) is 6.61 Å². The van der Waals surface area contributed by atoms with Crippen LogP contribution in [0, 0.1) is 5.92 Å². The summed E-state index contributed by atoms with van der Waals surface area (Å²) < 4.78 is 5.52. The van der Waals surface area contributed by atoms with Crippen molar-refractivity contribution < 1.29 is 9.94 Å². The van der Waals surface area contributed by atoms with Crippen LogP contribution in [0.5, 0.6) is 5.75 Å². The number of ether oxygens (including phenoxy) is 1. The van der Waals surface area contributed by atoms with Crippen molar-refractivity contribution >= 4 is 5.84 Å². The van der Waals surface area contributed by atoms with Crippen molar-refractivity contribution in [3.63, 3.8) is 0 Å². The summed E-state index contributed by atoms with van der Waals surface area (Å²) in [7, 11) is 0. The molecule has 1 aromatic rings. The first kappa shape index (κ1) is 12.3. The van der Waals surface area contributed by atoms with Gasteiger partial charge in [-0.1, -0.05) is 19.0 Å². The average molecular weight is 223 g/mol. The van der Waals surface area contributed by atoms with Crippen LogP contribution in [0.3, 0.4) is 0 Å². The topological polar surface area (TPSA) is 80.7 Å². The molecule has 0 atom stereocenters. The van der Waals surface area contributed by atoms with E-state index in [1.54, 1.807) is 18.3 Å². The van der Waals surface area contributed by atoms with Gasteiger partial charge in [0.2, 0.25) is 0 Å². The van der Waals surface area contributed by atoms with E-state index in [-0.39, 0.29) is 5.84 Å². The molecule has 0 radical (unpaired) electrons. The molecule has 0 fully saturated rings. The summed E-state index contributed by atoms with van der Waals surface area (Å²) in [5.74, 6) is 1.26. The third-order valence-electron chi connectivity index (χ3n) is 2.07. The van der Waals surface area contributed by atoms with Gasteiger partial charge in [-0.25, -0.2) is 0 Å². The number of hydrogen-bond donors (Lipinski definition) is 2. The molecule has 0 amide bonds. The van der Waals surface area contributed by atoms with Gasteiger partial charge in [0.15, 0.2) is 5.84 Å². The molecule has 88 valence electrons. The third-order valence-corrected chi connectivity index (χ3v) is 2.07. The summed E-state index contributed by atoms with van der Waals surface area (Å²) in [6.45, 7) is 4.92. The van der Waals surface area contributed by atoms with Gasteiger partial charge in [0.25, 0.3) is 0 Å². The van der Waals surface area contributed by atoms with Crippen LogP contribution in [0.25, 0.3) is 0 Å². The lowest BCUT2D eigenvalue weighted by Gasteiger charge is -2.08. The highest BCUT2D eigenvalue weighted by atomic mass is 16.5. The Kier molecular flexibility index (Phi) is 4.57. The molecule has 1 rings (SSSR count). The van der Waals surface area contributed by atoms with E-state index >= 15 is 0 Å². The van der Waals surface area contributed by atoms with Crippen molar-refractivity contribution in [1.29, 1.82) is 0 Å². The summed E-state index contributed by atoms with van der Waals surface area (Å²) in [4.78, 5) is 3.96. The van der Waals surface area contributed by atoms with Gasteiger partial charge >= 0.3 is 0 Å². The highest BCUT2D eigenvalue weighted by molar-refractivity contribution is 5.95. The van der Waals surface area contributed by atoms with E-state index in [0.717, 1.165) is 6.42 Å². The Bertz CT molecular complexity index is 364. The minimum absolute atomic E-state index is 0.0192. The van der Waals surface area contributed by atoms with Crippen LogP contribution in [0.15, 0.2) is 23.5 Å². The Hall–Kier alpha value is -1.78. The van der Waals surface area contributed by atoms with E-state index in [1.807, 2.05) is 0 Å². The fourth-order valence-corrected chi connectivity index (χ4v) is 1.10. The lowest BCUT2D eigenvalue weighted by atomic mass is 10.1. The zero-order chi connectivity index (χ0) is 12.0. The number of oxime groups is 1. The van der Waals surface area contributed by atoms with Crippen molar-refractivity contribution in [2.24, 2.45) is 16.8 Å². The summed E-state index contributed by atoms with van der Waals surface area (Å²) in [5, 5.41) is 11.4. The fraction of sp³-hybridized carbons (Fsp3) is 0.455. The number of pyridine rings is 1. The molecule has 0 saturated heterocycles. The zero-order valence-corrected chi connectivity index (χ0v) is 9.55. The third kappa shape index (κ3) is 3.76. The number of rotatable bonds is 5. The van der Waals surface area contributed by atoms with Gasteiger partial charge in [0.1, 0.15) is 11.4 Å². The van der Waals surface area contributed by atoms with Crippen molar-refractivity contribution in [2.75, 3.05) is 6.61 Å². The lowest BCUT2D eigenvalue weighted by Crippen LogP contribution is -2.15. The SMILES string of the molecule is CC(C)CCOc1ccnc(C(N)=NO)c1. The Morgan fingerprint density at radius 1 is 1.62 bits per heavy atom. The molecule has 0 spiro atoms. The standard InChI is InChI=1S/C11H17N3O2/c1-8(2)4-6-16-9-3-5-13-10(7-9)11(12)14-15/h3,5,7-8,15H,4,6H2,1-2H3,(H2,12,14). The van der Waals surface area contributed by atoms with E-state index in [0.29, 0.717) is 24.0 Å². The summed E-state index contributed by atoms with van der Waals surface area (Å²) in [6, 6.07) is 3.39. The molecule has 0 saturated carbocycles. The Morgan fingerprint density at radius 3 is 3.00 bits per heavy atom. The predicted octanol–water partition coefficient (Wildman–Crippen LogP) is 1.60. The summed E-state index contributed by atoms with van der Waals surface area (Å²) in [6.07, 6.45) is 2.55. The van der Waals surface area contributed by atoms with Gasteiger partial charge in [-0.2, -0.15) is 0 Å². The molecule has 5 heteroatoms. The van der Waals surface area contributed by atoms with E-state index in [4.69, 9.17) is 15.7 Å². The van der Waals surface area contributed by atoms with Gasteiger partial charge in [-0.3, -0.25) is 4.98 Å². The number of hydrogen-bond acceptors (Lipinski definition) is 4. The highest BCUT2D eigenvalue weighted by Gasteiger charge is 2.03. The normalized spacial score (nSPS) is 11.8.